The quantitative estimate of drug-likeness (QED) is 0.938. The maximum Gasteiger partial charge on any atom is 0.0490 e. The van der Waals surface area contributed by atoms with Crippen molar-refractivity contribution in [1.29, 1.82) is 0 Å². The van der Waals surface area contributed by atoms with Crippen LogP contribution in [0, 0.1) is 0 Å². The van der Waals surface area contributed by atoms with Crippen molar-refractivity contribution >= 4 is 11.6 Å². The Kier molecular flexibility index (Phi) is 3.80. The van der Waals surface area contributed by atoms with Gasteiger partial charge in [-0.1, -0.05) is 11.6 Å². The molecule has 0 bridgehead atoms. The molecule has 5 heteroatoms. The number of hydrogen-bond acceptors (Lipinski definition) is 3. The molecule has 0 aromatic carbocycles. The normalized spacial score (nSPS) is 17.7. The summed E-state index contributed by atoms with van der Waals surface area (Å²) in [5.74, 6) is 0.614. The van der Waals surface area contributed by atoms with Crippen LogP contribution in [0.1, 0.15) is 30.0 Å². The van der Waals surface area contributed by atoms with E-state index in [-0.39, 0.29) is 0 Å². The molecule has 4 nitrogen and oxygen atoms in total. The number of piperidine rings is 1. The maximum atomic E-state index is 6.17. The molecule has 0 aliphatic carbocycles. The van der Waals surface area contributed by atoms with Crippen LogP contribution in [0.15, 0.2) is 30.7 Å². The molecule has 1 aliphatic rings. The first-order valence-electron chi connectivity index (χ1n) is 6.63. The van der Waals surface area contributed by atoms with Gasteiger partial charge in [-0.3, -0.25) is 15.0 Å². The van der Waals surface area contributed by atoms with E-state index < -0.39 is 0 Å². The van der Waals surface area contributed by atoms with Gasteiger partial charge < -0.3 is 0 Å². The first-order valence-corrected chi connectivity index (χ1v) is 7.01. The van der Waals surface area contributed by atoms with Crippen LogP contribution < -0.4 is 0 Å². The molecule has 0 spiro atoms. The van der Waals surface area contributed by atoms with E-state index in [1.165, 1.54) is 18.5 Å². The van der Waals surface area contributed by atoms with Gasteiger partial charge in [0.1, 0.15) is 0 Å². The summed E-state index contributed by atoms with van der Waals surface area (Å²) in [4.78, 5) is 6.58. The lowest BCUT2D eigenvalue weighted by Crippen LogP contribution is -2.32. The van der Waals surface area contributed by atoms with Crippen molar-refractivity contribution in [3.05, 3.63) is 47.0 Å². The van der Waals surface area contributed by atoms with E-state index in [0.717, 1.165) is 30.2 Å². The number of nitrogens with one attached hydrogen (secondary N) is 1. The van der Waals surface area contributed by atoms with E-state index in [9.17, 15) is 0 Å². The Balaban J connectivity index is 1.57. The zero-order valence-electron chi connectivity index (χ0n) is 10.7. The summed E-state index contributed by atoms with van der Waals surface area (Å²) in [5, 5.41) is 7.92. The van der Waals surface area contributed by atoms with Crippen molar-refractivity contribution in [2.24, 2.45) is 0 Å². The topological polar surface area (TPSA) is 44.8 Å². The van der Waals surface area contributed by atoms with Gasteiger partial charge in [-0.2, -0.15) is 5.10 Å². The summed E-state index contributed by atoms with van der Waals surface area (Å²) in [7, 11) is 0. The average Bonchev–Trinajstić information content (AvgIpc) is 2.96. The second-order valence-corrected chi connectivity index (χ2v) is 5.44. The zero-order chi connectivity index (χ0) is 13.1. The Labute approximate surface area is 117 Å². The molecule has 0 unspecified atom stereocenters. The van der Waals surface area contributed by atoms with Crippen LogP contribution in [0.2, 0.25) is 5.02 Å². The van der Waals surface area contributed by atoms with Gasteiger partial charge >= 0.3 is 0 Å². The molecule has 0 atom stereocenters. The Morgan fingerprint density at radius 3 is 2.79 bits per heavy atom. The molecule has 3 rings (SSSR count). The summed E-state index contributed by atoms with van der Waals surface area (Å²) in [5.41, 5.74) is 2.38. The van der Waals surface area contributed by atoms with E-state index in [2.05, 4.69) is 26.1 Å². The molecule has 2 aromatic heterocycles. The molecular formula is C14H17ClN4. The molecule has 19 heavy (non-hydrogen) atoms. The summed E-state index contributed by atoms with van der Waals surface area (Å²) < 4.78 is 0. The lowest BCUT2D eigenvalue weighted by molar-refractivity contribution is 0.203. The third-order valence-electron chi connectivity index (χ3n) is 3.79. The molecule has 3 heterocycles. The van der Waals surface area contributed by atoms with Crippen LogP contribution in [-0.2, 0) is 6.54 Å². The van der Waals surface area contributed by atoms with Gasteiger partial charge in [0, 0.05) is 47.3 Å². The first-order chi connectivity index (χ1) is 9.33. The fourth-order valence-corrected chi connectivity index (χ4v) is 2.83. The number of nitrogens with zero attached hydrogens (tertiary/aromatic N) is 3. The number of pyridine rings is 1. The van der Waals surface area contributed by atoms with Crippen molar-refractivity contribution in [3.63, 3.8) is 0 Å². The second-order valence-electron chi connectivity index (χ2n) is 5.03. The first kappa shape index (κ1) is 12.6. The molecule has 1 aliphatic heterocycles. The van der Waals surface area contributed by atoms with Gasteiger partial charge in [0.2, 0.25) is 0 Å². The minimum absolute atomic E-state index is 0.614. The molecule has 0 saturated carbocycles. The highest BCUT2D eigenvalue weighted by atomic mass is 35.5. The Hall–Kier alpha value is -1.39. The molecule has 1 saturated heterocycles. The van der Waals surface area contributed by atoms with Crippen molar-refractivity contribution in [1.82, 2.24) is 20.1 Å². The standard InChI is InChI=1S/C14H17ClN4/c15-13-1-5-16-9-12(13)10-19-7-3-11(4-8-19)14-2-6-17-18-14/h1-2,5-6,9,11H,3-4,7-8,10H2,(H,17,18). The van der Waals surface area contributed by atoms with E-state index >= 15 is 0 Å². The molecule has 1 N–H and O–H groups in total. The van der Waals surface area contributed by atoms with Crippen molar-refractivity contribution in [3.8, 4) is 0 Å². The summed E-state index contributed by atoms with van der Waals surface area (Å²) in [6.07, 6.45) is 7.76. The highest BCUT2D eigenvalue weighted by molar-refractivity contribution is 6.31. The van der Waals surface area contributed by atoms with E-state index in [1.807, 2.05) is 18.5 Å². The van der Waals surface area contributed by atoms with Crippen LogP contribution in [0.3, 0.4) is 0 Å². The predicted octanol–water partition coefficient (Wildman–Crippen LogP) is 2.84. The number of halogens is 1. The lowest BCUT2D eigenvalue weighted by Gasteiger charge is -2.31. The van der Waals surface area contributed by atoms with E-state index in [0.29, 0.717) is 5.92 Å². The molecule has 1 fully saturated rings. The Morgan fingerprint density at radius 2 is 2.11 bits per heavy atom. The minimum atomic E-state index is 0.614. The summed E-state index contributed by atoms with van der Waals surface area (Å²) >= 11 is 6.17. The smallest absolute Gasteiger partial charge is 0.0490 e. The molecule has 0 amide bonds. The summed E-state index contributed by atoms with van der Waals surface area (Å²) in [6.45, 7) is 3.08. The Morgan fingerprint density at radius 1 is 1.26 bits per heavy atom. The number of rotatable bonds is 3. The fraction of sp³-hybridized carbons (Fsp3) is 0.429. The molecule has 100 valence electrons. The monoisotopic (exact) mass is 276 g/mol. The lowest BCUT2D eigenvalue weighted by atomic mass is 9.93. The average molecular weight is 277 g/mol. The third kappa shape index (κ3) is 2.96. The minimum Gasteiger partial charge on any atom is -0.299 e. The number of aromatic nitrogens is 3. The van der Waals surface area contributed by atoms with Crippen molar-refractivity contribution in [2.75, 3.05) is 13.1 Å². The van der Waals surface area contributed by atoms with Crippen LogP contribution in [0.25, 0.3) is 0 Å². The Bertz CT molecular complexity index is 518. The van der Waals surface area contributed by atoms with Crippen LogP contribution in [-0.4, -0.2) is 33.2 Å². The van der Waals surface area contributed by atoms with Gasteiger partial charge in [0.05, 0.1) is 0 Å². The molecule has 2 aromatic rings. The van der Waals surface area contributed by atoms with E-state index in [1.54, 1.807) is 6.20 Å². The van der Waals surface area contributed by atoms with Crippen molar-refractivity contribution < 1.29 is 0 Å². The van der Waals surface area contributed by atoms with Crippen LogP contribution in [0.4, 0.5) is 0 Å². The third-order valence-corrected chi connectivity index (χ3v) is 4.16. The zero-order valence-corrected chi connectivity index (χ0v) is 11.5. The van der Waals surface area contributed by atoms with Crippen LogP contribution in [0.5, 0.6) is 0 Å². The largest absolute Gasteiger partial charge is 0.299 e. The number of likely N-dealkylation sites (tertiary alicyclic amines) is 1. The summed E-state index contributed by atoms with van der Waals surface area (Å²) in [6, 6.07) is 3.94. The predicted molar refractivity (Wildman–Crippen MR) is 75.1 cm³/mol. The van der Waals surface area contributed by atoms with Crippen LogP contribution >= 0.6 is 11.6 Å². The fourth-order valence-electron chi connectivity index (χ4n) is 2.66. The number of H-pyrrole nitrogens is 1. The molecular weight excluding hydrogens is 260 g/mol. The highest BCUT2D eigenvalue weighted by Crippen LogP contribution is 2.27. The second kappa shape index (κ2) is 5.72. The maximum absolute atomic E-state index is 6.17. The van der Waals surface area contributed by atoms with Gasteiger partial charge in [0.15, 0.2) is 0 Å². The number of hydrogen-bond donors (Lipinski definition) is 1. The highest BCUT2D eigenvalue weighted by Gasteiger charge is 2.21. The van der Waals surface area contributed by atoms with Gasteiger partial charge in [-0.15, -0.1) is 0 Å². The SMILES string of the molecule is Clc1ccncc1CN1CCC(c2ccn[nH]2)CC1. The van der Waals surface area contributed by atoms with Crippen molar-refractivity contribution in [2.45, 2.75) is 25.3 Å². The van der Waals surface area contributed by atoms with Gasteiger partial charge in [0.25, 0.3) is 0 Å². The molecule has 0 radical (unpaired) electrons. The van der Waals surface area contributed by atoms with Gasteiger partial charge in [-0.25, -0.2) is 0 Å². The van der Waals surface area contributed by atoms with Gasteiger partial charge in [-0.05, 0) is 38.1 Å². The van der Waals surface area contributed by atoms with E-state index in [4.69, 9.17) is 11.6 Å². The number of aromatic amines is 1.